The van der Waals surface area contributed by atoms with Crippen LogP contribution in [0.4, 0.5) is 0 Å². The number of nitrogens with zero attached hydrogens (tertiary/aromatic N) is 1. The Bertz CT molecular complexity index is 416. The van der Waals surface area contributed by atoms with Gasteiger partial charge >= 0.3 is 0 Å². The quantitative estimate of drug-likeness (QED) is 0.674. The number of hydrogen-bond donors (Lipinski definition) is 1. The van der Waals surface area contributed by atoms with Gasteiger partial charge in [0.2, 0.25) is 0 Å². The van der Waals surface area contributed by atoms with Crippen LogP contribution in [-0.4, -0.2) is 10.2 Å². The maximum atomic E-state index is 11.1. The Morgan fingerprint density at radius 1 is 1.29 bits per heavy atom. The number of aryl methyl sites for hydroxylation is 1. The van der Waals surface area contributed by atoms with Gasteiger partial charge in [0.05, 0.1) is 5.69 Å². The summed E-state index contributed by atoms with van der Waals surface area (Å²) in [5, 5.41) is 6.83. The maximum absolute atomic E-state index is 11.1. The van der Waals surface area contributed by atoms with E-state index in [2.05, 4.69) is 10.2 Å². The minimum atomic E-state index is -0.0567. The highest BCUT2D eigenvalue weighted by Gasteiger charge is 2.42. The van der Waals surface area contributed by atoms with Gasteiger partial charge in [0, 0.05) is 11.5 Å². The smallest absolute Gasteiger partial charge is 0.264 e. The number of H-pyrrole nitrogens is 1. The van der Waals surface area contributed by atoms with Gasteiger partial charge in [-0.05, 0) is 31.2 Å². The Balaban J connectivity index is 2.14. The van der Waals surface area contributed by atoms with E-state index in [1.807, 2.05) is 0 Å². The van der Waals surface area contributed by atoms with Crippen LogP contribution in [0.15, 0.2) is 10.9 Å². The van der Waals surface area contributed by atoms with Crippen LogP contribution in [0.3, 0.4) is 0 Å². The molecule has 74 valence electrons. The van der Waals surface area contributed by atoms with Crippen molar-refractivity contribution in [1.82, 2.24) is 10.2 Å². The number of hydrogen-bond acceptors (Lipinski definition) is 2. The van der Waals surface area contributed by atoms with E-state index in [1.165, 1.54) is 43.4 Å². The summed E-state index contributed by atoms with van der Waals surface area (Å²) in [7, 11) is 0. The van der Waals surface area contributed by atoms with Crippen LogP contribution in [0.1, 0.15) is 43.4 Å². The second kappa shape index (κ2) is 2.69. The molecular formula is C11H14N2O. The predicted molar refractivity (Wildman–Crippen MR) is 53.3 cm³/mol. The SMILES string of the molecule is O=c1cc2c(n[nH]1)C1(CCCC1)CC2. The van der Waals surface area contributed by atoms with Crippen LogP contribution in [0.2, 0.25) is 0 Å². The van der Waals surface area contributed by atoms with Crippen molar-refractivity contribution in [3.63, 3.8) is 0 Å². The molecule has 3 nitrogen and oxygen atoms in total. The van der Waals surface area contributed by atoms with Crippen molar-refractivity contribution in [2.45, 2.75) is 43.9 Å². The van der Waals surface area contributed by atoms with E-state index in [9.17, 15) is 4.79 Å². The number of aromatic amines is 1. The van der Waals surface area contributed by atoms with Gasteiger partial charge in [-0.1, -0.05) is 12.8 Å². The second-order valence-corrected chi connectivity index (χ2v) is 4.59. The van der Waals surface area contributed by atoms with Gasteiger partial charge in [0.15, 0.2) is 0 Å². The van der Waals surface area contributed by atoms with E-state index in [0.717, 1.165) is 6.42 Å². The average molecular weight is 190 g/mol. The Hall–Kier alpha value is -1.12. The molecule has 2 aliphatic rings. The summed E-state index contributed by atoms with van der Waals surface area (Å²) in [6.45, 7) is 0. The molecule has 0 amide bonds. The van der Waals surface area contributed by atoms with Crippen LogP contribution in [0.25, 0.3) is 0 Å². The topological polar surface area (TPSA) is 45.8 Å². The molecule has 1 aromatic rings. The molecule has 1 fully saturated rings. The van der Waals surface area contributed by atoms with Crippen molar-refractivity contribution in [2.24, 2.45) is 0 Å². The van der Waals surface area contributed by atoms with Crippen molar-refractivity contribution < 1.29 is 0 Å². The molecular weight excluding hydrogens is 176 g/mol. The van der Waals surface area contributed by atoms with Gasteiger partial charge in [-0.15, -0.1) is 0 Å². The molecule has 0 atom stereocenters. The molecule has 1 spiro atoms. The zero-order valence-corrected chi connectivity index (χ0v) is 8.18. The molecule has 3 rings (SSSR count). The van der Waals surface area contributed by atoms with Gasteiger partial charge in [0.1, 0.15) is 0 Å². The summed E-state index contributed by atoms with van der Waals surface area (Å²) in [6, 6.07) is 1.73. The first kappa shape index (κ1) is 8.21. The molecule has 0 bridgehead atoms. The largest absolute Gasteiger partial charge is 0.268 e. The molecule has 3 heteroatoms. The Kier molecular flexibility index (Phi) is 1.58. The number of aromatic nitrogens is 2. The number of nitrogens with one attached hydrogen (secondary N) is 1. The third kappa shape index (κ3) is 0.982. The third-order valence-corrected chi connectivity index (χ3v) is 3.82. The van der Waals surface area contributed by atoms with Crippen molar-refractivity contribution in [2.75, 3.05) is 0 Å². The summed E-state index contributed by atoms with van der Waals surface area (Å²) in [6.07, 6.45) is 7.41. The third-order valence-electron chi connectivity index (χ3n) is 3.82. The van der Waals surface area contributed by atoms with Crippen LogP contribution in [0.5, 0.6) is 0 Å². The average Bonchev–Trinajstić information content (AvgIpc) is 2.77. The highest BCUT2D eigenvalue weighted by molar-refractivity contribution is 5.33. The Labute approximate surface area is 82.5 Å². The summed E-state index contributed by atoms with van der Waals surface area (Å²) in [5.41, 5.74) is 2.66. The lowest BCUT2D eigenvalue weighted by Gasteiger charge is -2.21. The zero-order valence-electron chi connectivity index (χ0n) is 8.18. The normalized spacial score (nSPS) is 22.9. The summed E-state index contributed by atoms with van der Waals surface area (Å²) < 4.78 is 0. The molecule has 0 unspecified atom stereocenters. The van der Waals surface area contributed by atoms with E-state index in [4.69, 9.17) is 0 Å². The lowest BCUT2D eigenvalue weighted by molar-refractivity contribution is 0.424. The van der Waals surface area contributed by atoms with Gasteiger partial charge in [0.25, 0.3) is 5.56 Å². The van der Waals surface area contributed by atoms with E-state index in [-0.39, 0.29) is 5.56 Å². The first-order valence-corrected chi connectivity index (χ1v) is 5.39. The molecule has 14 heavy (non-hydrogen) atoms. The molecule has 1 aromatic heterocycles. The summed E-state index contributed by atoms with van der Waals surface area (Å²) >= 11 is 0. The molecule has 0 aromatic carbocycles. The second-order valence-electron chi connectivity index (χ2n) is 4.59. The fraction of sp³-hybridized carbons (Fsp3) is 0.636. The lowest BCUT2D eigenvalue weighted by atomic mass is 9.84. The van der Waals surface area contributed by atoms with Crippen LogP contribution in [-0.2, 0) is 11.8 Å². The molecule has 1 N–H and O–H groups in total. The van der Waals surface area contributed by atoms with Gasteiger partial charge in [-0.3, -0.25) is 4.79 Å². The van der Waals surface area contributed by atoms with Crippen LogP contribution >= 0.6 is 0 Å². The fourth-order valence-corrected chi connectivity index (χ4v) is 3.12. The molecule has 0 aliphatic heterocycles. The van der Waals surface area contributed by atoms with Crippen molar-refractivity contribution >= 4 is 0 Å². The highest BCUT2D eigenvalue weighted by atomic mass is 16.1. The van der Waals surface area contributed by atoms with E-state index < -0.39 is 0 Å². The predicted octanol–water partition coefficient (Wildman–Crippen LogP) is 1.53. The molecule has 1 heterocycles. The molecule has 2 aliphatic carbocycles. The Morgan fingerprint density at radius 3 is 2.86 bits per heavy atom. The first-order chi connectivity index (χ1) is 6.80. The van der Waals surface area contributed by atoms with E-state index in [0.29, 0.717) is 5.41 Å². The minimum absolute atomic E-state index is 0.0567. The van der Waals surface area contributed by atoms with Crippen molar-refractivity contribution in [3.05, 3.63) is 27.7 Å². The standard InChI is InChI=1S/C11H14N2O/c14-9-7-8-3-6-11(4-1-2-5-11)10(8)13-12-9/h7H,1-6H2,(H,12,14). The van der Waals surface area contributed by atoms with Gasteiger partial charge in [-0.25, -0.2) is 5.10 Å². The van der Waals surface area contributed by atoms with Crippen molar-refractivity contribution in [3.8, 4) is 0 Å². The van der Waals surface area contributed by atoms with E-state index in [1.54, 1.807) is 6.07 Å². The number of fused-ring (bicyclic) bond motifs is 2. The zero-order chi connectivity index (χ0) is 9.60. The highest BCUT2D eigenvalue weighted by Crippen LogP contribution is 2.48. The van der Waals surface area contributed by atoms with Gasteiger partial charge in [-0.2, -0.15) is 5.10 Å². The Morgan fingerprint density at radius 2 is 2.07 bits per heavy atom. The lowest BCUT2D eigenvalue weighted by Crippen LogP contribution is -2.21. The van der Waals surface area contributed by atoms with E-state index >= 15 is 0 Å². The summed E-state index contributed by atoms with van der Waals surface area (Å²) in [5.74, 6) is 0. The van der Waals surface area contributed by atoms with Crippen molar-refractivity contribution in [1.29, 1.82) is 0 Å². The fourth-order valence-electron chi connectivity index (χ4n) is 3.12. The maximum Gasteiger partial charge on any atom is 0.264 e. The van der Waals surface area contributed by atoms with Gasteiger partial charge < -0.3 is 0 Å². The summed E-state index contributed by atoms with van der Waals surface area (Å²) in [4.78, 5) is 11.1. The minimum Gasteiger partial charge on any atom is -0.268 e. The molecule has 0 radical (unpaired) electrons. The monoisotopic (exact) mass is 190 g/mol. The van der Waals surface area contributed by atoms with Crippen LogP contribution in [0, 0.1) is 0 Å². The molecule has 1 saturated carbocycles. The first-order valence-electron chi connectivity index (χ1n) is 5.39. The number of rotatable bonds is 0. The van der Waals surface area contributed by atoms with Crippen LogP contribution < -0.4 is 5.56 Å². The molecule has 0 saturated heterocycles.